The first-order chi connectivity index (χ1) is 7.56. The SMILES string of the molecule is Nc1ccn2c(=O)cc(CC(=O)O)nc2c1. The minimum atomic E-state index is -1.03. The van der Waals surface area contributed by atoms with Crippen molar-refractivity contribution in [1.82, 2.24) is 9.38 Å². The number of rotatable bonds is 2. The summed E-state index contributed by atoms with van der Waals surface area (Å²) in [4.78, 5) is 26.1. The van der Waals surface area contributed by atoms with Gasteiger partial charge >= 0.3 is 5.97 Å². The molecule has 0 aliphatic rings. The molecule has 82 valence electrons. The molecule has 0 saturated heterocycles. The van der Waals surface area contributed by atoms with Crippen LogP contribution in [0.3, 0.4) is 0 Å². The first-order valence-corrected chi connectivity index (χ1v) is 4.56. The van der Waals surface area contributed by atoms with Crippen molar-refractivity contribution in [3.8, 4) is 0 Å². The summed E-state index contributed by atoms with van der Waals surface area (Å²) in [6, 6.07) is 4.30. The molecule has 0 saturated carbocycles. The highest BCUT2D eigenvalue weighted by Crippen LogP contribution is 2.05. The number of anilines is 1. The molecule has 0 aromatic carbocycles. The van der Waals surface area contributed by atoms with Crippen molar-refractivity contribution in [2.75, 3.05) is 5.73 Å². The van der Waals surface area contributed by atoms with Crippen LogP contribution in [0.4, 0.5) is 5.69 Å². The molecule has 0 amide bonds. The van der Waals surface area contributed by atoms with Crippen LogP contribution in [-0.2, 0) is 11.2 Å². The first-order valence-electron chi connectivity index (χ1n) is 4.56. The van der Waals surface area contributed by atoms with Gasteiger partial charge < -0.3 is 10.8 Å². The minimum absolute atomic E-state index is 0.225. The Labute approximate surface area is 90.0 Å². The Morgan fingerprint density at radius 2 is 2.25 bits per heavy atom. The Balaban J connectivity index is 2.65. The van der Waals surface area contributed by atoms with Crippen LogP contribution < -0.4 is 11.3 Å². The van der Waals surface area contributed by atoms with E-state index in [9.17, 15) is 9.59 Å². The van der Waals surface area contributed by atoms with Gasteiger partial charge in [-0.1, -0.05) is 0 Å². The molecule has 0 unspecified atom stereocenters. The zero-order valence-electron chi connectivity index (χ0n) is 8.25. The Kier molecular flexibility index (Phi) is 2.32. The van der Waals surface area contributed by atoms with Crippen LogP contribution in [-0.4, -0.2) is 20.5 Å². The molecule has 0 fully saturated rings. The molecule has 6 nitrogen and oxygen atoms in total. The number of nitrogens with two attached hydrogens (primary N) is 1. The second kappa shape index (κ2) is 3.65. The zero-order chi connectivity index (χ0) is 11.7. The molecule has 0 spiro atoms. The van der Waals surface area contributed by atoms with Crippen molar-refractivity contribution in [2.24, 2.45) is 0 Å². The van der Waals surface area contributed by atoms with Gasteiger partial charge in [-0.15, -0.1) is 0 Å². The van der Waals surface area contributed by atoms with Gasteiger partial charge in [-0.3, -0.25) is 14.0 Å². The van der Waals surface area contributed by atoms with Crippen molar-refractivity contribution in [1.29, 1.82) is 0 Å². The van der Waals surface area contributed by atoms with Gasteiger partial charge in [-0.05, 0) is 6.07 Å². The van der Waals surface area contributed by atoms with Gasteiger partial charge in [0.15, 0.2) is 0 Å². The molecule has 0 bridgehead atoms. The summed E-state index contributed by atoms with van der Waals surface area (Å²) in [6.07, 6.45) is 1.23. The molecule has 0 atom stereocenters. The van der Waals surface area contributed by atoms with E-state index in [1.165, 1.54) is 22.7 Å². The number of hydrogen-bond acceptors (Lipinski definition) is 4. The van der Waals surface area contributed by atoms with Gasteiger partial charge in [0.25, 0.3) is 5.56 Å². The average Bonchev–Trinajstić information content (AvgIpc) is 2.15. The quantitative estimate of drug-likeness (QED) is 0.735. The smallest absolute Gasteiger partial charge is 0.309 e. The maximum Gasteiger partial charge on any atom is 0.309 e. The van der Waals surface area contributed by atoms with E-state index in [-0.39, 0.29) is 17.7 Å². The third-order valence-corrected chi connectivity index (χ3v) is 2.08. The molecular weight excluding hydrogens is 210 g/mol. The largest absolute Gasteiger partial charge is 0.481 e. The molecule has 2 rings (SSSR count). The normalized spacial score (nSPS) is 10.5. The van der Waals surface area contributed by atoms with Gasteiger partial charge in [0.1, 0.15) is 5.65 Å². The monoisotopic (exact) mass is 219 g/mol. The zero-order valence-corrected chi connectivity index (χ0v) is 8.25. The summed E-state index contributed by atoms with van der Waals surface area (Å²) in [5.74, 6) is -1.03. The van der Waals surface area contributed by atoms with E-state index in [1.807, 2.05) is 0 Å². The lowest BCUT2D eigenvalue weighted by Gasteiger charge is -2.02. The molecule has 0 radical (unpaired) electrons. The van der Waals surface area contributed by atoms with Gasteiger partial charge in [-0.25, -0.2) is 4.98 Å². The van der Waals surface area contributed by atoms with Crippen LogP contribution in [0.15, 0.2) is 29.2 Å². The Hall–Kier alpha value is -2.37. The molecule has 16 heavy (non-hydrogen) atoms. The number of nitrogens with zero attached hydrogens (tertiary/aromatic N) is 2. The topological polar surface area (TPSA) is 97.7 Å². The first kappa shape index (κ1) is 10.2. The number of carboxylic acids is 1. The number of nitrogen functional groups attached to an aromatic ring is 1. The fraction of sp³-hybridized carbons (Fsp3) is 0.100. The van der Waals surface area contributed by atoms with Gasteiger partial charge in [0.2, 0.25) is 0 Å². The van der Waals surface area contributed by atoms with E-state index in [0.717, 1.165) is 0 Å². The molecular formula is C10H9N3O3. The standard InChI is InChI=1S/C10H9N3O3/c11-6-1-2-13-8(3-6)12-7(4-9(13)14)5-10(15)16/h1-4H,5,11H2,(H,15,16). The molecule has 0 aliphatic heterocycles. The summed E-state index contributed by atoms with van der Waals surface area (Å²) >= 11 is 0. The summed E-state index contributed by atoms with van der Waals surface area (Å²) in [6.45, 7) is 0. The molecule has 0 aliphatic carbocycles. The predicted octanol–water partition coefficient (Wildman–Crippen LogP) is -0.0962. The number of fused-ring (bicyclic) bond motifs is 1. The van der Waals surface area contributed by atoms with Crippen LogP contribution in [0.2, 0.25) is 0 Å². The summed E-state index contributed by atoms with van der Waals surface area (Å²) in [5.41, 5.74) is 6.28. The van der Waals surface area contributed by atoms with Gasteiger partial charge in [-0.2, -0.15) is 0 Å². The highest BCUT2D eigenvalue weighted by Gasteiger charge is 2.06. The van der Waals surface area contributed by atoms with E-state index in [4.69, 9.17) is 10.8 Å². The number of aromatic nitrogens is 2. The lowest BCUT2D eigenvalue weighted by Crippen LogP contribution is -2.17. The molecule has 6 heteroatoms. The number of hydrogen-bond donors (Lipinski definition) is 2. The number of aliphatic carboxylic acids is 1. The Morgan fingerprint density at radius 1 is 1.50 bits per heavy atom. The van der Waals surface area contributed by atoms with E-state index >= 15 is 0 Å². The predicted molar refractivity (Wildman–Crippen MR) is 57.2 cm³/mol. The molecule has 2 heterocycles. The van der Waals surface area contributed by atoms with Gasteiger partial charge in [0, 0.05) is 24.0 Å². The van der Waals surface area contributed by atoms with E-state index in [0.29, 0.717) is 11.3 Å². The van der Waals surface area contributed by atoms with E-state index < -0.39 is 5.97 Å². The fourth-order valence-electron chi connectivity index (χ4n) is 1.41. The van der Waals surface area contributed by atoms with Crippen molar-refractivity contribution >= 4 is 17.3 Å². The van der Waals surface area contributed by atoms with Crippen LogP contribution in [0.25, 0.3) is 5.65 Å². The highest BCUT2D eigenvalue weighted by atomic mass is 16.4. The third-order valence-electron chi connectivity index (χ3n) is 2.08. The average molecular weight is 219 g/mol. The van der Waals surface area contributed by atoms with Gasteiger partial charge in [0.05, 0.1) is 12.1 Å². The summed E-state index contributed by atoms with van der Waals surface area (Å²) in [7, 11) is 0. The van der Waals surface area contributed by atoms with Crippen molar-refractivity contribution in [3.05, 3.63) is 40.4 Å². The number of carboxylic acid groups (broad SMARTS) is 1. The number of carbonyl (C=O) groups is 1. The third kappa shape index (κ3) is 1.85. The maximum atomic E-state index is 11.6. The lowest BCUT2D eigenvalue weighted by molar-refractivity contribution is -0.136. The van der Waals surface area contributed by atoms with Crippen molar-refractivity contribution in [2.45, 2.75) is 6.42 Å². The summed E-state index contributed by atoms with van der Waals surface area (Å²) in [5, 5.41) is 8.61. The highest BCUT2D eigenvalue weighted by molar-refractivity contribution is 5.69. The fourth-order valence-corrected chi connectivity index (χ4v) is 1.41. The van der Waals surface area contributed by atoms with Crippen LogP contribution >= 0.6 is 0 Å². The lowest BCUT2D eigenvalue weighted by atomic mass is 10.3. The molecule has 2 aromatic heterocycles. The Bertz CT molecular complexity index is 618. The second-order valence-electron chi connectivity index (χ2n) is 3.34. The minimum Gasteiger partial charge on any atom is -0.481 e. The Morgan fingerprint density at radius 3 is 2.94 bits per heavy atom. The number of pyridine rings is 1. The van der Waals surface area contributed by atoms with E-state index in [2.05, 4.69) is 4.98 Å². The molecule has 2 aromatic rings. The van der Waals surface area contributed by atoms with Crippen molar-refractivity contribution in [3.63, 3.8) is 0 Å². The van der Waals surface area contributed by atoms with Crippen molar-refractivity contribution < 1.29 is 9.90 Å². The summed E-state index contributed by atoms with van der Waals surface area (Å²) < 4.78 is 1.31. The maximum absolute atomic E-state index is 11.6. The second-order valence-corrected chi connectivity index (χ2v) is 3.34. The van der Waals surface area contributed by atoms with Crippen LogP contribution in [0.1, 0.15) is 5.69 Å². The van der Waals surface area contributed by atoms with Crippen LogP contribution in [0, 0.1) is 0 Å². The van der Waals surface area contributed by atoms with Crippen LogP contribution in [0.5, 0.6) is 0 Å². The molecule has 3 N–H and O–H groups in total. The van der Waals surface area contributed by atoms with E-state index in [1.54, 1.807) is 6.07 Å².